The van der Waals surface area contributed by atoms with E-state index in [0.717, 1.165) is 5.56 Å². The lowest BCUT2D eigenvalue weighted by molar-refractivity contribution is 0.257. The molecule has 0 aliphatic heterocycles. The molecule has 1 rings (SSSR count). The zero-order chi connectivity index (χ0) is 11.1. The second kappa shape index (κ2) is 6.02. The molecule has 80 valence electrons. The van der Waals surface area contributed by atoms with Crippen molar-refractivity contribution in [1.82, 2.24) is 5.32 Å². The fourth-order valence-electron chi connectivity index (χ4n) is 1.13. The molecule has 0 aromatic heterocycles. The van der Waals surface area contributed by atoms with Crippen LogP contribution in [-0.2, 0) is 6.61 Å². The van der Waals surface area contributed by atoms with Crippen LogP contribution >= 0.6 is 0 Å². The topological polar surface area (TPSA) is 65.3 Å². The maximum Gasteiger partial charge on any atom is 0.129 e. The highest BCUT2D eigenvalue weighted by molar-refractivity contribution is 5.32. The molecule has 0 spiro atoms. The van der Waals surface area contributed by atoms with Gasteiger partial charge in [0, 0.05) is 5.56 Å². The molecule has 1 aromatic rings. The van der Waals surface area contributed by atoms with Gasteiger partial charge in [0.2, 0.25) is 0 Å². The van der Waals surface area contributed by atoms with Gasteiger partial charge in [-0.25, -0.2) is 0 Å². The van der Waals surface area contributed by atoms with E-state index >= 15 is 0 Å². The number of hydrogen-bond donors (Lipinski definition) is 2. The monoisotopic (exact) mass is 206 g/mol. The average molecular weight is 206 g/mol. The van der Waals surface area contributed by atoms with E-state index < -0.39 is 0 Å². The fraction of sp³-hybridized carbons (Fsp3) is 0.364. The molecule has 1 aromatic carbocycles. The Balaban J connectivity index is 2.61. The summed E-state index contributed by atoms with van der Waals surface area (Å²) in [5.74, 6) is 0.621. The summed E-state index contributed by atoms with van der Waals surface area (Å²) in [7, 11) is 1.70. The SMILES string of the molecule is CNC(C#N)COc1ccccc1CO. The number of nitrogens with zero attached hydrogens (tertiary/aromatic N) is 1. The van der Waals surface area contributed by atoms with Gasteiger partial charge >= 0.3 is 0 Å². The van der Waals surface area contributed by atoms with E-state index in [1.165, 1.54) is 0 Å². The molecule has 0 heterocycles. The van der Waals surface area contributed by atoms with Crippen molar-refractivity contribution in [2.75, 3.05) is 13.7 Å². The standard InChI is InChI=1S/C11H14N2O2/c1-13-10(6-12)8-15-11-5-3-2-4-9(11)7-14/h2-5,10,13-14H,7-8H2,1H3. The second-order valence-corrected chi connectivity index (χ2v) is 3.05. The minimum atomic E-state index is -0.336. The van der Waals surface area contributed by atoms with Crippen molar-refractivity contribution in [3.05, 3.63) is 29.8 Å². The van der Waals surface area contributed by atoms with Crippen LogP contribution < -0.4 is 10.1 Å². The number of nitrogens with one attached hydrogen (secondary N) is 1. The average Bonchev–Trinajstić information content (AvgIpc) is 2.31. The largest absolute Gasteiger partial charge is 0.490 e. The number of aliphatic hydroxyl groups is 1. The van der Waals surface area contributed by atoms with E-state index in [1.54, 1.807) is 19.2 Å². The number of likely N-dealkylation sites (N-methyl/N-ethyl adjacent to an activating group) is 1. The minimum absolute atomic E-state index is 0.0626. The second-order valence-electron chi connectivity index (χ2n) is 3.05. The van der Waals surface area contributed by atoms with Crippen LogP contribution in [0.3, 0.4) is 0 Å². The molecule has 0 saturated heterocycles. The lowest BCUT2D eigenvalue weighted by atomic mass is 10.2. The van der Waals surface area contributed by atoms with E-state index in [-0.39, 0.29) is 19.3 Å². The molecule has 0 aliphatic carbocycles. The number of benzene rings is 1. The molecule has 1 unspecified atom stereocenters. The van der Waals surface area contributed by atoms with Gasteiger partial charge in [0.1, 0.15) is 18.4 Å². The summed E-state index contributed by atoms with van der Waals surface area (Å²) in [6, 6.07) is 8.95. The molecule has 0 bridgehead atoms. The zero-order valence-corrected chi connectivity index (χ0v) is 8.60. The van der Waals surface area contributed by atoms with Crippen LogP contribution in [-0.4, -0.2) is 24.8 Å². The molecule has 4 heteroatoms. The summed E-state index contributed by atoms with van der Waals surface area (Å²) in [6.07, 6.45) is 0. The van der Waals surface area contributed by atoms with Crippen molar-refractivity contribution in [1.29, 1.82) is 5.26 Å². The minimum Gasteiger partial charge on any atom is -0.490 e. The number of rotatable bonds is 5. The highest BCUT2D eigenvalue weighted by atomic mass is 16.5. The third-order valence-electron chi connectivity index (χ3n) is 2.05. The summed E-state index contributed by atoms with van der Waals surface area (Å²) in [5, 5.41) is 20.5. The molecule has 1 atom stereocenters. The molecule has 0 amide bonds. The molecule has 0 fully saturated rings. The predicted octanol–water partition coefficient (Wildman–Crippen LogP) is 0.669. The number of aliphatic hydroxyl groups excluding tert-OH is 1. The van der Waals surface area contributed by atoms with Gasteiger partial charge in [-0.3, -0.25) is 0 Å². The summed E-state index contributed by atoms with van der Waals surface area (Å²) in [4.78, 5) is 0. The van der Waals surface area contributed by atoms with Crippen molar-refractivity contribution in [2.45, 2.75) is 12.6 Å². The Morgan fingerprint density at radius 3 is 2.87 bits per heavy atom. The highest BCUT2D eigenvalue weighted by Gasteiger charge is 2.06. The van der Waals surface area contributed by atoms with Crippen LogP contribution in [0.5, 0.6) is 5.75 Å². The van der Waals surface area contributed by atoms with Crippen molar-refractivity contribution < 1.29 is 9.84 Å². The summed E-state index contributed by atoms with van der Waals surface area (Å²) in [5.41, 5.74) is 0.727. The van der Waals surface area contributed by atoms with E-state index in [4.69, 9.17) is 15.1 Å². The first-order chi connectivity index (χ1) is 7.31. The van der Waals surface area contributed by atoms with Crippen LogP contribution in [0.2, 0.25) is 0 Å². The van der Waals surface area contributed by atoms with Crippen LogP contribution in [0.1, 0.15) is 5.56 Å². The van der Waals surface area contributed by atoms with Crippen LogP contribution in [0, 0.1) is 11.3 Å². The highest BCUT2D eigenvalue weighted by Crippen LogP contribution is 2.17. The van der Waals surface area contributed by atoms with Crippen molar-refractivity contribution in [2.24, 2.45) is 0 Å². The Morgan fingerprint density at radius 2 is 2.27 bits per heavy atom. The molecule has 2 N–H and O–H groups in total. The third-order valence-corrected chi connectivity index (χ3v) is 2.05. The maximum absolute atomic E-state index is 9.04. The van der Waals surface area contributed by atoms with Gasteiger partial charge in [0.05, 0.1) is 12.7 Å². The Kier molecular flexibility index (Phi) is 4.61. The Hall–Kier alpha value is -1.57. The van der Waals surface area contributed by atoms with Gasteiger partial charge < -0.3 is 15.2 Å². The number of ether oxygens (including phenoxy) is 1. The molecular formula is C11H14N2O2. The van der Waals surface area contributed by atoms with Crippen molar-refractivity contribution in [3.8, 4) is 11.8 Å². The van der Waals surface area contributed by atoms with Crippen molar-refractivity contribution in [3.63, 3.8) is 0 Å². The molecule has 15 heavy (non-hydrogen) atoms. The number of nitriles is 1. The Bertz CT molecular complexity index is 347. The van der Waals surface area contributed by atoms with Crippen LogP contribution in [0.15, 0.2) is 24.3 Å². The smallest absolute Gasteiger partial charge is 0.129 e. The van der Waals surface area contributed by atoms with Crippen LogP contribution in [0.4, 0.5) is 0 Å². The first-order valence-electron chi connectivity index (χ1n) is 4.70. The Morgan fingerprint density at radius 1 is 1.53 bits per heavy atom. The lowest BCUT2D eigenvalue weighted by Crippen LogP contribution is -2.30. The van der Waals surface area contributed by atoms with Crippen LogP contribution in [0.25, 0.3) is 0 Å². The van der Waals surface area contributed by atoms with E-state index in [9.17, 15) is 0 Å². The number of hydrogen-bond acceptors (Lipinski definition) is 4. The lowest BCUT2D eigenvalue weighted by Gasteiger charge is -2.12. The van der Waals surface area contributed by atoms with E-state index in [1.807, 2.05) is 12.1 Å². The van der Waals surface area contributed by atoms with Gasteiger partial charge in [-0.05, 0) is 13.1 Å². The van der Waals surface area contributed by atoms with E-state index in [2.05, 4.69) is 11.4 Å². The zero-order valence-electron chi connectivity index (χ0n) is 8.60. The first kappa shape index (κ1) is 11.5. The summed E-state index contributed by atoms with van der Waals surface area (Å²) in [6.45, 7) is 0.205. The van der Waals surface area contributed by atoms with Gasteiger partial charge in [0.15, 0.2) is 0 Å². The van der Waals surface area contributed by atoms with Gasteiger partial charge in [-0.1, -0.05) is 18.2 Å². The predicted molar refractivity (Wildman–Crippen MR) is 56.3 cm³/mol. The first-order valence-corrected chi connectivity index (χ1v) is 4.70. The van der Waals surface area contributed by atoms with E-state index in [0.29, 0.717) is 5.75 Å². The van der Waals surface area contributed by atoms with Crippen molar-refractivity contribution >= 4 is 0 Å². The summed E-state index contributed by atoms with van der Waals surface area (Å²) >= 11 is 0. The van der Waals surface area contributed by atoms with Gasteiger partial charge in [-0.2, -0.15) is 5.26 Å². The maximum atomic E-state index is 9.04. The molecule has 0 aliphatic rings. The van der Waals surface area contributed by atoms with Gasteiger partial charge in [0.25, 0.3) is 0 Å². The third kappa shape index (κ3) is 3.24. The number of para-hydroxylation sites is 1. The normalized spacial score (nSPS) is 11.8. The quantitative estimate of drug-likeness (QED) is 0.743. The fourth-order valence-corrected chi connectivity index (χ4v) is 1.13. The Labute approximate surface area is 89.1 Å². The molecule has 0 radical (unpaired) electrons. The van der Waals surface area contributed by atoms with Gasteiger partial charge in [-0.15, -0.1) is 0 Å². The molecular weight excluding hydrogens is 192 g/mol. The summed E-state index contributed by atoms with van der Waals surface area (Å²) < 4.78 is 5.43. The molecule has 4 nitrogen and oxygen atoms in total. The molecule has 0 saturated carbocycles.